The molecule has 1 aromatic carbocycles. The van der Waals surface area contributed by atoms with Crippen LogP contribution in [0.15, 0.2) is 55.0 Å². The zero-order valence-corrected chi connectivity index (χ0v) is 16.3. The molecule has 2 heterocycles. The highest BCUT2D eigenvalue weighted by Crippen LogP contribution is 2.12. The molecule has 3 aromatic rings. The fourth-order valence-electron chi connectivity index (χ4n) is 2.49. The van der Waals surface area contributed by atoms with Crippen LogP contribution in [0.1, 0.15) is 32.1 Å². The highest BCUT2D eigenvalue weighted by Gasteiger charge is 2.13. The van der Waals surface area contributed by atoms with Gasteiger partial charge in [-0.3, -0.25) is 9.59 Å². The summed E-state index contributed by atoms with van der Waals surface area (Å²) in [5.74, 6) is -0.138. The number of nitrogens with one attached hydrogen (secondary N) is 2. The van der Waals surface area contributed by atoms with E-state index in [4.69, 9.17) is 16.3 Å². The van der Waals surface area contributed by atoms with Crippen molar-refractivity contribution in [2.24, 2.45) is 0 Å². The average molecular weight is 412 g/mol. The third-order valence-electron chi connectivity index (χ3n) is 3.96. The van der Waals surface area contributed by atoms with Gasteiger partial charge in [0.2, 0.25) is 0 Å². The topological polar surface area (TPSA) is 106 Å². The molecule has 0 fully saturated rings. The summed E-state index contributed by atoms with van der Waals surface area (Å²) in [5, 5.41) is 5.82. The van der Waals surface area contributed by atoms with Crippen molar-refractivity contribution in [3.63, 3.8) is 0 Å². The first-order valence-corrected chi connectivity index (χ1v) is 9.05. The van der Waals surface area contributed by atoms with E-state index in [1.54, 1.807) is 25.4 Å². The number of carbonyl (C=O) groups excluding carboxylic acids is 2. The van der Waals surface area contributed by atoms with Gasteiger partial charge in [0.25, 0.3) is 11.8 Å². The molecular weight excluding hydrogens is 394 g/mol. The van der Waals surface area contributed by atoms with Gasteiger partial charge in [-0.15, -0.1) is 0 Å². The number of ether oxygens (including phenoxy) is 1. The van der Waals surface area contributed by atoms with Crippen molar-refractivity contribution in [3.05, 3.63) is 82.7 Å². The van der Waals surface area contributed by atoms with Crippen LogP contribution in [0, 0.1) is 0 Å². The molecular formula is C20H18ClN5O3. The van der Waals surface area contributed by atoms with Gasteiger partial charge in [0.05, 0.1) is 7.11 Å². The molecule has 0 atom stereocenters. The Bertz CT molecular complexity index is 1030. The minimum Gasteiger partial charge on any atom is -0.497 e. The van der Waals surface area contributed by atoms with Crippen molar-refractivity contribution >= 4 is 23.4 Å². The molecule has 0 saturated heterocycles. The van der Waals surface area contributed by atoms with Gasteiger partial charge in [0.1, 0.15) is 28.6 Å². The van der Waals surface area contributed by atoms with Gasteiger partial charge in [0.15, 0.2) is 0 Å². The molecule has 0 spiro atoms. The van der Waals surface area contributed by atoms with Crippen molar-refractivity contribution in [2.45, 2.75) is 13.1 Å². The predicted octanol–water partition coefficient (Wildman–Crippen LogP) is 2.39. The number of carbonyl (C=O) groups is 2. The SMILES string of the molecule is COc1cccc(CNC(=O)c2cc(C(=O)NCc3ccnc(Cl)c3)ncn2)c1. The third kappa shape index (κ3) is 5.73. The molecule has 0 radical (unpaired) electrons. The third-order valence-corrected chi connectivity index (χ3v) is 4.17. The molecule has 0 aliphatic rings. The quantitative estimate of drug-likeness (QED) is 0.578. The van der Waals surface area contributed by atoms with Crippen LogP contribution in [0.2, 0.25) is 5.15 Å². The first-order chi connectivity index (χ1) is 14.0. The molecule has 9 heteroatoms. The second-order valence-corrected chi connectivity index (χ2v) is 6.38. The van der Waals surface area contributed by atoms with Crippen molar-refractivity contribution in [2.75, 3.05) is 7.11 Å². The lowest BCUT2D eigenvalue weighted by atomic mass is 10.2. The van der Waals surface area contributed by atoms with Gasteiger partial charge in [-0.1, -0.05) is 23.7 Å². The van der Waals surface area contributed by atoms with E-state index < -0.39 is 11.8 Å². The van der Waals surface area contributed by atoms with Gasteiger partial charge < -0.3 is 15.4 Å². The summed E-state index contributed by atoms with van der Waals surface area (Å²) in [6, 6.07) is 12.1. The number of hydrogen-bond acceptors (Lipinski definition) is 6. The zero-order chi connectivity index (χ0) is 20.6. The number of methoxy groups -OCH3 is 1. The van der Waals surface area contributed by atoms with Crippen LogP contribution < -0.4 is 15.4 Å². The Morgan fingerprint density at radius 2 is 1.59 bits per heavy atom. The largest absolute Gasteiger partial charge is 0.497 e. The predicted molar refractivity (Wildman–Crippen MR) is 107 cm³/mol. The van der Waals surface area contributed by atoms with Gasteiger partial charge in [-0.25, -0.2) is 15.0 Å². The van der Waals surface area contributed by atoms with E-state index in [9.17, 15) is 9.59 Å². The van der Waals surface area contributed by atoms with E-state index in [0.717, 1.165) is 11.1 Å². The Hall–Kier alpha value is -3.52. The summed E-state index contributed by atoms with van der Waals surface area (Å²) in [6.45, 7) is 0.548. The van der Waals surface area contributed by atoms with Gasteiger partial charge >= 0.3 is 0 Å². The summed E-state index contributed by atoms with van der Waals surface area (Å²) in [5.41, 5.74) is 1.86. The van der Waals surface area contributed by atoms with Crippen LogP contribution in [0.3, 0.4) is 0 Å². The first kappa shape index (κ1) is 20.2. The highest BCUT2D eigenvalue weighted by atomic mass is 35.5. The van der Waals surface area contributed by atoms with Crippen molar-refractivity contribution in [1.82, 2.24) is 25.6 Å². The van der Waals surface area contributed by atoms with Gasteiger partial charge in [-0.2, -0.15) is 0 Å². The Labute approximate surface area is 172 Å². The van der Waals surface area contributed by atoms with Crippen LogP contribution in [0.4, 0.5) is 0 Å². The van der Waals surface area contributed by atoms with E-state index in [0.29, 0.717) is 17.4 Å². The lowest BCUT2D eigenvalue weighted by Crippen LogP contribution is -2.27. The van der Waals surface area contributed by atoms with Crippen LogP contribution in [0.25, 0.3) is 0 Å². The average Bonchev–Trinajstić information content (AvgIpc) is 2.76. The Balaban J connectivity index is 1.60. The van der Waals surface area contributed by atoms with E-state index in [2.05, 4.69) is 25.6 Å². The first-order valence-electron chi connectivity index (χ1n) is 8.67. The number of aromatic nitrogens is 3. The number of nitrogens with zero attached hydrogens (tertiary/aromatic N) is 3. The zero-order valence-electron chi connectivity index (χ0n) is 15.6. The molecule has 148 valence electrons. The minimum absolute atomic E-state index is 0.0895. The van der Waals surface area contributed by atoms with Gasteiger partial charge in [0, 0.05) is 25.4 Å². The monoisotopic (exact) mass is 411 g/mol. The summed E-state index contributed by atoms with van der Waals surface area (Å²) >= 11 is 5.83. The maximum Gasteiger partial charge on any atom is 0.270 e. The van der Waals surface area contributed by atoms with Crippen LogP contribution in [-0.4, -0.2) is 33.9 Å². The van der Waals surface area contributed by atoms with Gasteiger partial charge in [-0.05, 0) is 35.4 Å². The summed E-state index contributed by atoms with van der Waals surface area (Å²) < 4.78 is 5.16. The smallest absolute Gasteiger partial charge is 0.270 e. The number of hydrogen-bond donors (Lipinski definition) is 2. The minimum atomic E-state index is -0.429. The fourth-order valence-corrected chi connectivity index (χ4v) is 2.68. The number of amides is 2. The summed E-state index contributed by atoms with van der Waals surface area (Å²) in [4.78, 5) is 36.5. The molecule has 2 aromatic heterocycles. The Morgan fingerprint density at radius 3 is 2.21 bits per heavy atom. The number of benzene rings is 1. The Kier molecular flexibility index (Phi) is 6.70. The normalized spacial score (nSPS) is 10.3. The molecule has 0 aliphatic heterocycles. The van der Waals surface area contributed by atoms with Crippen molar-refractivity contribution in [3.8, 4) is 5.75 Å². The molecule has 29 heavy (non-hydrogen) atoms. The second kappa shape index (κ2) is 9.61. The molecule has 0 saturated carbocycles. The maximum absolute atomic E-state index is 12.4. The molecule has 0 aliphatic carbocycles. The van der Waals surface area contributed by atoms with E-state index in [1.807, 2.05) is 24.3 Å². The van der Waals surface area contributed by atoms with E-state index >= 15 is 0 Å². The molecule has 2 N–H and O–H groups in total. The molecule has 0 bridgehead atoms. The second-order valence-electron chi connectivity index (χ2n) is 5.99. The van der Waals surface area contributed by atoms with Crippen molar-refractivity contribution in [1.29, 1.82) is 0 Å². The molecule has 8 nitrogen and oxygen atoms in total. The molecule has 2 amide bonds. The van der Waals surface area contributed by atoms with E-state index in [-0.39, 0.29) is 17.9 Å². The standard InChI is InChI=1S/C20H18ClN5O3/c1-29-15-4-2-3-13(7-15)10-23-19(27)16-9-17(26-12-25-16)20(28)24-11-14-5-6-22-18(21)8-14/h2-9,12H,10-11H2,1H3,(H,23,27)(H,24,28). The molecule has 3 rings (SSSR count). The van der Waals surface area contributed by atoms with E-state index in [1.165, 1.54) is 12.4 Å². The lowest BCUT2D eigenvalue weighted by molar-refractivity contribution is 0.0944. The van der Waals surface area contributed by atoms with Crippen LogP contribution in [-0.2, 0) is 13.1 Å². The van der Waals surface area contributed by atoms with Crippen LogP contribution in [0.5, 0.6) is 5.75 Å². The highest BCUT2D eigenvalue weighted by molar-refractivity contribution is 6.29. The molecule has 0 unspecified atom stereocenters. The number of pyridine rings is 1. The van der Waals surface area contributed by atoms with Crippen molar-refractivity contribution < 1.29 is 14.3 Å². The number of halogens is 1. The maximum atomic E-state index is 12.4. The number of rotatable bonds is 7. The fraction of sp³-hybridized carbons (Fsp3) is 0.150. The summed E-state index contributed by atoms with van der Waals surface area (Å²) in [7, 11) is 1.58. The lowest BCUT2D eigenvalue weighted by Gasteiger charge is -2.08. The van der Waals surface area contributed by atoms with Crippen LogP contribution >= 0.6 is 11.6 Å². The Morgan fingerprint density at radius 1 is 0.931 bits per heavy atom. The summed E-state index contributed by atoms with van der Waals surface area (Å²) in [6.07, 6.45) is 2.73.